The molecule has 0 radical (unpaired) electrons. The molecule has 6 N–H and O–H groups in total. The zero-order valence-corrected chi connectivity index (χ0v) is 28.3. The summed E-state index contributed by atoms with van der Waals surface area (Å²) in [5, 5.41) is 18.5. The number of hydrogen-bond donors (Lipinski definition) is 5. The summed E-state index contributed by atoms with van der Waals surface area (Å²) in [4.78, 5) is 22.5. The number of carbonyl (C=O) groups is 1. The molecule has 1 aliphatic rings. The number of anilines is 7. The maximum absolute atomic E-state index is 13.5. The van der Waals surface area contributed by atoms with Crippen molar-refractivity contribution in [3.63, 3.8) is 0 Å². The number of nitrogens with zero attached hydrogens (tertiary/aromatic N) is 3. The summed E-state index contributed by atoms with van der Waals surface area (Å²) in [6.07, 6.45) is -1.57. The highest BCUT2D eigenvalue weighted by atomic mass is 35.5. The molecule has 0 fully saturated rings. The monoisotopic (exact) mass is 772 g/mol. The van der Waals surface area contributed by atoms with E-state index in [2.05, 4.69) is 30.9 Å². The van der Waals surface area contributed by atoms with Gasteiger partial charge in [-0.3, -0.25) is 4.79 Å². The number of para-hydroxylation sites is 1. The maximum atomic E-state index is 13.5. The number of rotatable bonds is 9. The van der Waals surface area contributed by atoms with E-state index in [1.807, 2.05) is 0 Å². The first-order valence-corrected chi connectivity index (χ1v) is 18.5. The van der Waals surface area contributed by atoms with Gasteiger partial charge in [0.2, 0.25) is 17.2 Å². The van der Waals surface area contributed by atoms with Crippen molar-refractivity contribution in [2.45, 2.75) is 20.8 Å². The topological polar surface area (TPSA) is 310 Å². The van der Waals surface area contributed by atoms with Crippen LogP contribution in [-0.4, -0.2) is 64.8 Å². The number of aromatic nitrogens is 3. The van der Waals surface area contributed by atoms with Gasteiger partial charge in [0, 0.05) is 22.5 Å². The fourth-order valence-corrected chi connectivity index (χ4v) is 7.40. The number of halogens is 1. The van der Waals surface area contributed by atoms with Gasteiger partial charge in [0.15, 0.2) is 5.78 Å². The van der Waals surface area contributed by atoms with E-state index in [-0.39, 0.29) is 39.7 Å². The second-order valence-corrected chi connectivity index (χ2v) is 15.0. The minimum absolute atomic E-state index is 0.00203. The van der Waals surface area contributed by atoms with Crippen LogP contribution in [0.25, 0.3) is 0 Å². The third-order valence-corrected chi connectivity index (χ3v) is 10.2. The highest BCUT2D eigenvalue weighted by Gasteiger charge is 2.35. The molecule has 18 nitrogen and oxygen atoms in total. The molecule has 1 atom stereocenters. The van der Waals surface area contributed by atoms with Crippen molar-refractivity contribution < 1.29 is 48.8 Å². The zero-order chi connectivity index (χ0) is 37.0. The van der Waals surface area contributed by atoms with Crippen LogP contribution in [0, 0.1) is 0 Å². The number of nitrogens with one attached hydrogen (secondary N) is 3. The molecule has 0 amide bonds. The summed E-state index contributed by atoms with van der Waals surface area (Å²) in [5.74, 6) is -1.61. The largest absolute Gasteiger partial charge is 0.744 e. The average molecular weight is 773 g/mol. The number of aliphatic hydroxyl groups excluding tert-OH is 1. The summed E-state index contributed by atoms with van der Waals surface area (Å²) in [6, 6.07) is 14.7. The van der Waals surface area contributed by atoms with Crippen molar-refractivity contribution in [3.05, 3.63) is 100 Å². The Morgan fingerprint density at radius 3 is 1.88 bits per heavy atom. The Balaban J connectivity index is 1.40. The lowest BCUT2D eigenvalue weighted by molar-refractivity contribution is 0.102. The summed E-state index contributed by atoms with van der Waals surface area (Å²) in [7, 11) is -15.5. The highest BCUT2D eigenvalue weighted by molar-refractivity contribution is 7.86. The summed E-state index contributed by atoms with van der Waals surface area (Å²) >= 11 is 5.99. The van der Waals surface area contributed by atoms with E-state index in [0.29, 0.717) is 0 Å². The van der Waals surface area contributed by atoms with Gasteiger partial charge < -0.3 is 40.4 Å². The van der Waals surface area contributed by atoms with E-state index < -0.39 is 85.1 Å². The summed E-state index contributed by atoms with van der Waals surface area (Å²) in [5.41, 5.74) is 3.61. The molecule has 264 valence electrons. The van der Waals surface area contributed by atoms with Crippen molar-refractivity contribution in [3.8, 4) is 0 Å². The van der Waals surface area contributed by atoms with E-state index in [4.69, 9.17) is 17.3 Å². The Morgan fingerprint density at radius 2 is 1.25 bits per heavy atom. The molecule has 51 heavy (non-hydrogen) atoms. The van der Waals surface area contributed by atoms with Crippen LogP contribution >= 0.6 is 11.6 Å². The van der Waals surface area contributed by atoms with Crippen LogP contribution in [0.2, 0.25) is 5.28 Å². The lowest BCUT2D eigenvalue weighted by Crippen LogP contribution is -2.24. The van der Waals surface area contributed by atoms with Gasteiger partial charge in [-0.05, 0) is 53.6 Å². The third kappa shape index (κ3) is 7.04. The Kier molecular flexibility index (Phi) is 8.93. The highest BCUT2D eigenvalue weighted by Crippen LogP contribution is 2.45. The van der Waals surface area contributed by atoms with Gasteiger partial charge in [0.05, 0.1) is 37.3 Å². The first-order chi connectivity index (χ1) is 23.8. The van der Waals surface area contributed by atoms with Crippen molar-refractivity contribution in [2.24, 2.45) is 0 Å². The molecule has 4 aromatic carbocycles. The zero-order valence-electron chi connectivity index (χ0n) is 25.1. The molecule has 1 aromatic heterocycles. The minimum atomic E-state index is -5.32. The van der Waals surface area contributed by atoms with Gasteiger partial charge in [-0.15, -0.1) is 0 Å². The van der Waals surface area contributed by atoms with Gasteiger partial charge in [0.25, 0.3) is 0 Å². The molecule has 0 saturated carbocycles. The first kappa shape index (κ1) is 35.6. The van der Waals surface area contributed by atoms with Gasteiger partial charge >= 0.3 is 0 Å². The number of hydrogen-bond acceptors (Lipinski definition) is 18. The van der Waals surface area contributed by atoms with E-state index in [9.17, 15) is 48.8 Å². The molecule has 22 heteroatoms. The van der Waals surface area contributed by atoms with Gasteiger partial charge in [-0.2, -0.15) is 15.0 Å². The van der Waals surface area contributed by atoms with Crippen molar-refractivity contribution in [1.82, 2.24) is 15.0 Å². The van der Waals surface area contributed by atoms with Gasteiger partial charge in [-0.25, -0.2) is 25.3 Å². The van der Waals surface area contributed by atoms with Crippen LogP contribution in [0.15, 0.2) is 87.5 Å². The molecule has 0 saturated heterocycles. The lowest BCUT2D eigenvalue weighted by atomic mass is 9.81. The van der Waals surface area contributed by atoms with E-state index in [1.165, 1.54) is 42.5 Å². The SMILES string of the molecule is Nc1c(S(=O)(=O)[O-])cc(Nc2ccc(Nc3nc(Cl)nc(Nc4ccccc4S(=O)(=O)[O-])n3)c(S(=O)(=O)[O-])c2)c2c1C(=O)c1ccccc1C2O. The number of nitrogen functional groups attached to an aromatic ring is 1. The predicted molar refractivity (Wildman–Crippen MR) is 176 cm³/mol. The fourth-order valence-electron chi connectivity index (χ4n) is 5.32. The van der Waals surface area contributed by atoms with Gasteiger partial charge in [0.1, 0.15) is 36.5 Å². The quantitative estimate of drug-likeness (QED) is 0.106. The number of carbonyl (C=O) groups excluding carboxylic acids is 1. The minimum Gasteiger partial charge on any atom is -0.744 e. The Hall–Kier alpha value is -5.26. The van der Waals surface area contributed by atoms with Crippen LogP contribution < -0.4 is 21.7 Å². The second kappa shape index (κ2) is 12.8. The average Bonchev–Trinajstić information content (AvgIpc) is 3.03. The number of benzene rings is 4. The van der Waals surface area contributed by atoms with Crippen LogP contribution in [0.1, 0.15) is 33.2 Å². The van der Waals surface area contributed by atoms with E-state index in [0.717, 1.165) is 24.3 Å². The molecule has 1 unspecified atom stereocenters. The molecular formula is C29H19ClN7O11S3-3. The van der Waals surface area contributed by atoms with E-state index >= 15 is 0 Å². The second-order valence-electron chi connectivity index (χ2n) is 10.6. The molecule has 6 rings (SSSR count). The van der Waals surface area contributed by atoms with Crippen LogP contribution in [0.4, 0.5) is 40.3 Å². The smallest absolute Gasteiger partial charge is 0.233 e. The number of nitrogens with two attached hydrogens (primary N) is 1. The predicted octanol–water partition coefficient (Wildman–Crippen LogP) is 2.68. The molecule has 1 aliphatic carbocycles. The molecule has 5 aromatic rings. The van der Waals surface area contributed by atoms with Crippen LogP contribution in [-0.2, 0) is 30.4 Å². The number of aliphatic hydroxyl groups is 1. The summed E-state index contributed by atoms with van der Waals surface area (Å²) < 4.78 is 109. The molecule has 0 aliphatic heterocycles. The maximum Gasteiger partial charge on any atom is 0.233 e. The molecular weight excluding hydrogens is 754 g/mol. The molecule has 0 bridgehead atoms. The van der Waals surface area contributed by atoms with Gasteiger partial charge in [-0.1, -0.05) is 36.4 Å². The Bertz CT molecular complexity index is 2630. The normalized spacial score (nSPS) is 14.4. The standard InChI is InChI=1S/C29H22ClN7O11S3/c30-27-35-28(33-16-7-3-4-8-19(16)49(40,41)42)37-29(36-27)34-17-10-9-13(11-20(17)50(43,44)45)32-18-12-21(51(46,47)48)24(31)23-22(18)25(38)14-5-1-2-6-15(14)26(23)39/h1-12,25,32,38H,31H2,(H,40,41,42)(H,43,44,45)(H,46,47,48)(H2,33,34,35,36,37)/p-3. The summed E-state index contributed by atoms with van der Waals surface area (Å²) in [6.45, 7) is 0. The van der Waals surface area contributed by atoms with Crippen molar-refractivity contribution >= 4 is 88.1 Å². The van der Waals surface area contributed by atoms with Crippen molar-refractivity contribution in [1.29, 1.82) is 0 Å². The lowest BCUT2D eigenvalue weighted by Gasteiger charge is -2.29. The van der Waals surface area contributed by atoms with Crippen LogP contribution in [0.5, 0.6) is 0 Å². The third-order valence-electron chi connectivity index (χ3n) is 7.43. The Morgan fingerprint density at radius 1 is 0.686 bits per heavy atom. The van der Waals surface area contributed by atoms with E-state index in [1.54, 1.807) is 6.07 Å². The molecule has 0 spiro atoms. The van der Waals surface area contributed by atoms with Crippen LogP contribution in [0.3, 0.4) is 0 Å². The Labute approximate surface area is 293 Å². The number of ketones is 1. The first-order valence-electron chi connectivity index (χ1n) is 13.9. The van der Waals surface area contributed by atoms with Crippen molar-refractivity contribution in [2.75, 3.05) is 21.7 Å². The molecule has 1 heterocycles. The fraction of sp³-hybridized carbons (Fsp3) is 0.0345. The number of fused-ring (bicyclic) bond motifs is 2.